The lowest BCUT2D eigenvalue weighted by Gasteiger charge is -2.38. The largest absolute Gasteiger partial charge is 0.497 e. The number of benzene rings is 4. The van der Waals surface area contributed by atoms with Gasteiger partial charge >= 0.3 is 0 Å². The average Bonchev–Trinajstić information content (AvgIpc) is 3.49. The summed E-state index contributed by atoms with van der Waals surface area (Å²) in [6, 6.07) is 27.3. The van der Waals surface area contributed by atoms with Gasteiger partial charge in [-0.25, -0.2) is 0 Å². The fourth-order valence-corrected chi connectivity index (χ4v) is 7.01. The minimum Gasteiger partial charge on any atom is -0.497 e. The van der Waals surface area contributed by atoms with Crippen molar-refractivity contribution in [2.75, 3.05) is 12.4 Å². The molecule has 0 aromatic heterocycles. The van der Waals surface area contributed by atoms with E-state index in [1.165, 1.54) is 0 Å². The molecule has 41 heavy (non-hydrogen) atoms. The molecular formula is C34H25ClN2O4. The molecule has 1 N–H and O–H groups in total. The Kier molecular flexibility index (Phi) is 5.84. The SMILES string of the molecule is COc1ccc(C(=O)[C@H]2[C@@H](C(=O)c3ccc(Cl)cc3)N3C=Cc4ccccc4[C@@H]3[C@]23C(=O)Nc2ccccc23)cc1. The molecule has 0 aliphatic carbocycles. The summed E-state index contributed by atoms with van der Waals surface area (Å²) in [5.74, 6) is -1.26. The van der Waals surface area contributed by atoms with Crippen LogP contribution in [0.4, 0.5) is 5.69 Å². The first-order chi connectivity index (χ1) is 19.9. The number of anilines is 1. The van der Waals surface area contributed by atoms with Crippen molar-refractivity contribution in [3.05, 3.63) is 136 Å². The first-order valence-electron chi connectivity index (χ1n) is 13.4. The van der Waals surface area contributed by atoms with E-state index >= 15 is 0 Å². The summed E-state index contributed by atoms with van der Waals surface area (Å²) in [5, 5.41) is 3.57. The maximum Gasteiger partial charge on any atom is 0.238 e. The maximum absolute atomic E-state index is 14.8. The van der Waals surface area contributed by atoms with E-state index < -0.39 is 23.4 Å². The van der Waals surface area contributed by atoms with Crippen molar-refractivity contribution in [2.24, 2.45) is 5.92 Å². The van der Waals surface area contributed by atoms with E-state index in [1.807, 2.05) is 65.7 Å². The monoisotopic (exact) mass is 560 g/mol. The Hall–Kier alpha value is -4.68. The molecule has 0 saturated carbocycles. The van der Waals surface area contributed by atoms with Gasteiger partial charge in [0.25, 0.3) is 0 Å². The number of Topliss-reactive ketones (excluding diaryl/α,β-unsaturated/α-hetero) is 2. The summed E-state index contributed by atoms with van der Waals surface area (Å²) in [6.45, 7) is 0. The second-order valence-corrected chi connectivity index (χ2v) is 11.0. The molecule has 3 heterocycles. The van der Waals surface area contributed by atoms with Crippen LogP contribution >= 0.6 is 11.6 Å². The van der Waals surface area contributed by atoms with E-state index in [1.54, 1.807) is 55.6 Å². The first kappa shape index (κ1) is 25.3. The number of rotatable bonds is 5. The molecule has 3 aliphatic rings. The molecule has 0 radical (unpaired) electrons. The van der Waals surface area contributed by atoms with Crippen molar-refractivity contribution in [1.82, 2.24) is 4.90 Å². The van der Waals surface area contributed by atoms with Gasteiger partial charge in [0.1, 0.15) is 17.2 Å². The highest BCUT2D eigenvalue weighted by Gasteiger charge is 2.70. The molecule has 7 rings (SSSR count). The minimum absolute atomic E-state index is 0.253. The number of halogens is 1. The number of nitrogens with one attached hydrogen (secondary N) is 1. The van der Waals surface area contributed by atoms with Crippen molar-refractivity contribution in [1.29, 1.82) is 0 Å². The highest BCUT2D eigenvalue weighted by molar-refractivity contribution is 6.30. The minimum atomic E-state index is -1.37. The molecule has 4 aromatic rings. The van der Waals surface area contributed by atoms with Gasteiger partial charge in [-0.3, -0.25) is 14.4 Å². The number of amides is 1. The van der Waals surface area contributed by atoms with Gasteiger partial charge in [-0.1, -0.05) is 54.1 Å². The van der Waals surface area contributed by atoms with E-state index in [0.29, 0.717) is 33.1 Å². The van der Waals surface area contributed by atoms with Gasteiger partial charge in [-0.2, -0.15) is 0 Å². The first-order valence-corrected chi connectivity index (χ1v) is 13.8. The summed E-state index contributed by atoms with van der Waals surface area (Å²) in [6.07, 6.45) is 3.81. The van der Waals surface area contributed by atoms with Crippen molar-refractivity contribution >= 4 is 40.8 Å². The van der Waals surface area contributed by atoms with E-state index in [2.05, 4.69) is 5.32 Å². The molecule has 3 aliphatic heterocycles. The van der Waals surface area contributed by atoms with Crippen LogP contribution in [0.1, 0.15) is 43.4 Å². The third-order valence-corrected chi connectivity index (χ3v) is 8.88. The number of carbonyl (C=O) groups excluding carboxylic acids is 3. The summed E-state index contributed by atoms with van der Waals surface area (Å²) in [5.41, 5.74) is 2.64. The van der Waals surface area contributed by atoms with Crippen molar-refractivity contribution in [2.45, 2.75) is 17.5 Å². The van der Waals surface area contributed by atoms with Crippen LogP contribution < -0.4 is 10.1 Å². The van der Waals surface area contributed by atoms with Crippen LogP contribution in [0.25, 0.3) is 6.08 Å². The highest BCUT2D eigenvalue weighted by Crippen LogP contribution is 2.62. The lowest BCUT2D eigenvalue weighted by atomic mass is 9.62. The Labute approximate surface area is 242 Å². The Bertz CT molecular complexity index is 1750. The van der Waals surface area contributed by atoms with Gasteiger partial charge in [-0.15, -0.1) is 0 Å². The van der Waals surface area contributed by atoms with Crippen LogP contribution in [0.15, 0.2) is 103 Å². The lowest BCUT2D eigenvalue weighted by Crippen LogP contribution is -2.49. The fourth-order valence-electron chi connectivity index (χ4n) is 6.89. The number of ether oxygens (including phenoxy) is 1. The summed E-state index contributed by atoms with van der Waals surface area (Å²) in [7, 11) is 1.56. The molecular weight excluding hydrogens is 536 g/mol. The Morgan fingerprint density at radius 1 is 0.854 bits per heavy atom. The summed E-state index contributed by atoms with van der Waals surface area (Å²) < 4.78 is 5.32. The van der Waals surface area contributed by atoms with E-state index in [4.69, 9.17) is 16.3 Å². The number of hydrogen-bond donors (Lipinski definition) is 1. The van der Waals surface area contributed by atoms with Crippen LogP contribution in [-0.2, 0) is 10.2 Å². The molecule has 6 nitrogen and oxygen atoms in total. The number of para-hydroxylation sites is 1. The Balaban J connectivity index is 1.52. The maximum atomic E-state index is 14.8. The topological polar surface area (TPSA) is 75.7 Å². The molecule has 0 unspecified atom stereocenters. The van der Waals surface area contributed by atoms with Gasteiger partial charge in [0.2, 0.25) is 5.91 Å². The number of fused-ring (bicyclic) bond motifs is 6. The highest BCUT2D eigenvalue weighted by atomic mass is 35.5. The number of hydrogen-bond acceptors (Lipinski definition) is 5. The van der Waals surface area contributed by atoms with Crippen molar-refractivity contribution < 1.29 is 19.1 Å². The normalized spacial score (nSPS) is 23.5. The van der Waals surface area contributed by atoms with Gasteiger partial charge in [0.05, 0.1) is 19.1 Å². The Morgan fingerprint density at radius 2 is 1.51 bits per heavy atom. The molecule has 1 spiro atoms. The van der Waals surface area contributed by atoms with E-state index in [0.717, 1.165) is 11.1 Å². The van der Waals surface area contributed by atoms with Crippen LogP contribution in [0.5, 0.6) is 5.75 Å². The van der Waals surface area contributed by atoms with Gasteiger partial charge in [0, 0.05) is 28.0 Å². The quantitative estimate of drug-likeness (QED) is 0.289. The zero-order chi connectivity index (χ0) is 28.3. The van der Waals surface area contributed by atoms with Crippen LogP contribution in [-0.4, -0.2) is 35.5 Å². The van der Waals surface area contributed by atoms with E-state index in [9.17, 15) is 14.4 Å². The second kappa shape index (κ2) is 9.46. The third-order valence-electron chi connectivity index (χ3n) is 8.62. The third kappa shape index (κ3) is 3.60. The fraction of sp³-hybridized carbons (Fsp3) is 0.147. The van der Waals surface area contributed by atoms with E-state index in [-0.39, 0.29) is 17.5 Å². The zero-order valence-electron chi connectivity index (χ0n) is 22.1. The number of ketones is 2. The number of carbonyl (C=O) groups is 3. The van der Waals surface area contributed by atoms with Crippen molar-refractivity contribution in [3.8, 4) is 5.75 Å². The van der Waals surface area contributed by atoms with Crippen LogP contribution in [0, 0.1) is 5.92 Å². The predicted octanol–water partition coefficient (Wildman–Crippen LogP) is 6.33. The second-order valence-electron chi connectivity index (χ2n) is 10.5. The molecule has 4 atom stereocenters. The number of methoxy groups -OCH3 is 1. The smallest absolute Gasteiger partial charge is 0.238 e. The lowest BCUT2D eigenvalue weighted by molar-refractivity contribution is -0.122. The standard InChI is InChI=1S/C34H25ClN2O4/c1-41-24-16-12-21(13-17-24)30(38)28-29(31(39)22-10-14-23(35)15-11-22)37-19-18-20-6-2-3-7-25(20)32(37)34(28)26-8-4-5-9-27(26)36-33(34)40/h2-19,28-29,32H,1H3,(H,36,40)/t28-,29+,32-,34-/m1/s1. The zero-order valence-corrected chi connectivity index (χ0v) is 22.8. The summed E-state index contributed by atoms with van der Waals surface area (Å²) in [4.78, 5) is 45.7. The van der Waals surface area contributed by atoms with Gasteiger partial charge in [-0.05, 0) is 77.4 Å². The molecule has 4 aromatic carbocycles. The van der Waals surface area contributed by atoms with Gasteiger partial charge < -0.3 is 15.0 Å². The summed E-state index contributed by atoms with van der Waals surface area (Å²) >= 11 is 6.15. The van der Waals surface area contributed by atoms with Crippen LogP contribution in [0.3, 0.4) is 0 Å². The molecule has 1 saturated heterocycles. The predicted molar refractivity (Wildman–Crippen MR) is 157 cm³/mol. The molecule has 0 bridgehead atoms. The van der Waals surface area contributed by atoms with Crippen molar-refractivity contribution in [3.63, 3.8) is 0 Å². The molecule has 202 valence electrons. The Morgan fingerprint density at radius 3 is 2.27 bits per heavy atom. The van der Waals surface area contributed by atoms with Gasteiger partial charge in [0.15, 0.2) is 11.6 Å². The van der Waals surface area contributed by atoms with Crippen LogP contribution in [0.2, 0.25) is 5.02 Å². The molecule has 1 amide bonds. The molecule has 7 heteroatoms. The average molecular weight is 561 g/mol. The molecule has 1 fully saturated rings. The number of nitrogens with zero attached hydrogens (tertiary/aromatic N) is 1.